The average molecular weight is 244 g/mol. The fourth-order valence-corrected chi connectivity index (χ4v) is 2.19. The molecular formula is C10H15NOSe. The van der Waals surface area contributed by atoms with Crippen LogP contribution in [0.15, 0.2) is 24.3 Å². The van der Waals surface area contributed by atoms with Crippen LogP contribution >= 0.6 is 0 Å². The van der Waals surface area contributed by atoms with Gasteiger partial charge in [0.2, 0.25) is 0 Å². The van der Waals surface area contributed by atoms with E-state index in [1.165, 1.54) is 10.1 Å². The van der Waals surface area contributed by atoms with Crippen molar-refractivity contribution in [3.05, 3.63) is 24.3 Å². The van der Waals surface area contributed by atoms with Gasteiger partial charge in [-0.2, -0.15) is 0 Å². The molecule has 0 aromatic heterocycles. The Kier molecular flexibility index (Phi) is 4.29. The van der Waals surface area contributed by atoms with E-state index in [1.54, 1.807) is 7.11 Å². The van der Waals surface area contributed by atoms with E-state index in [0.717, 1.165) is 5.51 Å². The van der Waals surface area contributed by atoms with Crippen LogP contribution in [0.3, 0.4) is 0 Å². The maximum absolute atomic E-state index is 5.04. The van der Waals surface area contributed by atoms with E-state index in [0.29, 0.717) is 15.0 Å². The molecule has 0 aliphatic rings. The first-order valence-corrected chi connectivity index (χ1v) is 6.20. The molecule has 0 unspecified atom stereocenters. The molecule has 0 saturated carbocycles. The van der Waals surface area contributed by atoms with Gasteiger partial charge in [0.25, 0.3) is 0 Å². The molecule has 2 nitrogen and oxygen atoms in total. The minimum atomic E-state index is 0.458. The van der Waals surface area contributed by atoms with Crippen LogP contribution in [0, 0.1) is 0 Å². The molecule has 3 heteroatoms. The molecule has 1 aromatic carbocycles. The Balaban J connectivity index is 2.59. The zero-order valence-electron chi connectivity index (χ0n) is 8.28. The molecule has 0 spiro atoms. The van der Waals surface area contributed by atoms with Crippen LogP contribution < -0.4 is 9.36 Å². The molecule has 0 radical (unpaired) electrons. The van der Waals surface area contributed by atoms with Gasteiger partial charge in [-0.15, -0.1) is 0 Å². The van der Waals surface area contributed by atoms with Gasteiger partial charge in [-0.1, -0.05) is 0 Å². The van der Waals surface area contributed by atoms with Crippen molar-refractivity contribution in [3.63, 3.8) is 0 Å². The van der Waals surface area contributed by atoms with Gasteiger partial charge in [0.15, 0.2) is 0 Å². The maximum atomic E-state index is 5.04. The van der Waals surface area contributed by atoms with E-state index in [9.17, 15) is 0 Å². The first-order chi connectivity index (χ1) is 6.24. The Bertz CT molecular complexity index is 246. The molecule has 72 valence electrons. The van der Waals surface area contributed by atoms with Crippen molar-refractivity contribution in [2.75, 3.05) is 31.6 Å². The molecule has 0 saturated heterocycles. The van der Waals surface area contributed by atoms with Crippen LogP contribution in [0.1, 0.15) is 0 Å². The molecule has 0 heterocycles. The topological polar surface area (TPSA) is 12.5 Å². The van der Waals surface area contributed by atoms with Gasteiger partial charge in [0.05, 0.1) is 0 Å². The summed E-state index contributed by atoms with van der Waals surface area (Å²) in [7, 11) is 5.85. The number of hydrogen-bond donors (Lipinski definition) is 0. The first kappa shape index (κ1) is 10.6. The summed E-state index contributed by atoms with van der Waals surface area (Å²) in [5.41, 5.74) is 2.10. The fourth-order valence-electron chi connectivity index (χ4n) is 0.967. The second-order valence-electron chi connectivity index (χ2n) is 2.94. The summed E-state index contributed by atoms with van der Waals surface area (Å²) in [4.78, 5) is 2.10. The number of hydrogen-bond acceptors (Lipinski definition) is 2. The van der Waals surface area contributed by atoms with Gasteiger partial charge in [-0.3, -0.25) is 0 Å². The molecule has 0 N–H and O–H groups in total. The first-order valence-electron chi connectivity index (χ1n) is 4.13. The van der Waals surface area contributed by atoms with Crippen molar-refractivity contribution in [1.82, 2.24) is 0 Å². The Morgan fingerprint density at radius 2 is 1.85 bits per heavy atom. The summed E-state index contributed by atoms with van der Waals surface area (Å²) < 4.78 is 6.43. The van der Waals surface area contributed by atoms with Gasteiger partial charge in [-0.05, 0) is 0 Å². The summed E-state index contributed by atoms with van der Waals surface area (Å²) in [5.74, 6) is 0. The number of rotatable bonds is 4. The summed E-state index contributed by atoms with van der Waals surface area (Å²) in [6.07, 6.45) is 0. The van der Waals surface area contributed by atoms with E-state index >= 15 is 0 Å². The zero-order chi connectivity index (χ0) is 9.68. The van der Waals surface area contributed by atoms with Crippen molar-refractivity contribution in [3.8, 4) is 0 Å². The van der Waals surface area contributed by atoms with Gasteiger partial charge >= 0.3 is 85.7 Å². The summed E-state index contributed by atoms with van der Waals surface area (Å²) in [6.45, 7) is 0. The summed E-state index contributed by atoms with van der Waals surface area (Å²) >= 11 is 0.458. The monoisotopic (exact) mass is 245 g/mol. The predicted octanol–water partition coefficient (Wildman–Crippen LogP) is 0.686. The third kappa shape index (κ3) is 3.39. The Morgan fingerprint density at radius 3 is 2.31 bits per heavy atom. The fraction of sp³-hybridized carbons (Fsp3) is 0.400. The third-order valence-corrected chi connectivity index (χ3v) is 3.71. The number of ether oxygens (including phenoxy) is 1. The van der Waals surface area contributed by atoms with Crippen LogP contribution in [0.2, 0.25) is 0 Å². The van der Waals surface area contributed by atoms with Gasteiger partial charge in [0.1, 0.15) is 0 Å². The van der Waals surface area contributed by atoms with Crippen LogP contribution in [0.4, 0.5) is 5.69 Å². The molecule has 1 aromatic rings. The summed E-state index contributed by atoms with van der Waals surface area (Å²) in [5, 5.41) is 0. The van der Waals surface area contributed by atoms with E-state index in [1.807, 2.05) is 0 Å². The molecule has 1 rings (SSSR count). The van der Waals surface area contributed by atoms with E-state index in [4.69, 9.17) is 4.74 Å². The molecule has 0 aliphatic carbocycles. The molecule has 0 atom stereocenters. The third-order valence-electron chi connectivity index (χ3n) is 1.70. The Morgan fingerprint density at radius 1 is 1.23 bits per heavy atom. The van der Waals surface area contributed by atoms with E-state index < -0.39 is 0 Å². The summed E-state index contributed by atoms with van der Waals surface area (Å²) in [6, 6.07) is 8.64. The van der Waals surface area contributed by atoms with Gasteiger partial charge in [-0.25, -0.2) is 0 Å². The standard InChI is InChI=1S/C10H15NOSe/c1-11(2)9-4-6-10(7-5-9)13-8-12-3/h4-7H,8H2,1-3H3. The average Bonchev–Trinajstić information content (AvgIpc) is 2.15. The molecule has 13 heavy (non-hydrogen) atoms. The van der Waals surface area contributed by atoms with Crippen molar-refractivity contribution in [2.24, 2.45) is 0 Å². The Labute approximate surface area is 86.0 Å². The SMILES string of the molecule is COC[Se]c1ccc(N(C)C)cc1. The number of nitrogens with zero attached hydrogens (tertiary/aromatic N) is 1. The van der Waals surface area contributed by atoms with Crippen molar-refractivity contribution >= 4 is 25.1 Å². The normalized spacial score (nSPS) is 10.1. The van der Waals surface area contributed by atoms with E-state index in [-0.39, 0.29) is 0 Å². The number of benzene rings is 1. The quantitative estimate of drug-likeness (QED) is 0.722. The number of anilines is 1. The van der Waals surface area contributed by atoms with E-state index in [2.05, 4.69) is 43.3 Å². The predicted molar refractivity (Wildman–Crippen MR) is 58.0 cm³/mol. The molecule has 0 fully saturated rings. The van der Waals surface area contributed by atoms with Crippen LogP contribution in [0.25, 0.3) is 0 Å². The van der Waals surface area contributed by atoms with Crippen molar-refractivity contribution in [2.45, 2.75) is 0 Å². The van der Waals surface area contributed by atoms with Gasteiger partial charge < -0.3 is 0 Å². The van der Waals surface area contributed by atoms with Crippen molar-refractivity contribution in [1.29, 1.82) is 0 Å². The van der Waals surface area contributed by atoms with Crippen LogP contribution in [-0.4, -0.2) is 41.7 Å². The molecular weight excluding hydrogens is 229 g/mol. The van der Waals surface area contributed by atoms with Crippen molar-refractivity contribution < 1.29 is 4.74 Å². The molecule has 0 aliphatic heterocycles. The van der Waals surface area contributed by atoms with Crippen LogP contribution in [0.5, 0.6) is 0 Å². The Hall–Kier alpha value is -0.501. The molecule has 0 amide bonds. The second-order valence-corrected chi connectivity index (χ2v) is 5.03. The van der Waals surface area contributed by atoms with Gasteiger partial charge in [0, 0.05) is 0 Å². The molecule has 0 bridgehead atoms. The second kappa shape index (κ2) is 5.28. The number of methoxy groups -OCH3 is 1. The minimum absolute atomic E-state index is 0.458. The zero-order valence-corrected chi connectivity index (χ0v) is 9.99. The van der Waals surface area contributed by atoms with Crippen LogP contribution in [-0.2, 0) is 4.74 Å².